The predicted octanol–water partition coefficient (Wildman–Crippen LogP) is 3.13. The maximum atomic E-state index is 4.70. The second kappa shape index (κ2) is 2.72. The SMILES string of the molecule is CC1=Cc2cn(C3CC3)nc2C(C)C1. The highest BCUT2D eigenvalue weighted by molar-refractivity contribution is 5.58. The molecule has 0 amide bonds. The Morgan fingerprint density at radius 3 is 2.93 bits per heavy atom. The lowest BCUT2D eigenvalue weighted by atomic mass is 9.90. The molecular weight excluding hydrogens is 172 g/mol. The van der Waals surface area contributed by atoms with E-state index in [1.165, 1.54) is 36.1 Å². The molecule has 0 aliphatic heterocycles. The van der Waals surface area contributed by atoms with E-state index in [-0.39, 0.29) is 0 Å². The van der Waals surface area contributed by atoms with Gasteiger partial charge in [-0.05, 0) is 26.2 Å². The van der Waals surface area contributed by atoms with Crippen LogP contribution >= 0.6 is 0 Å². The Labute approximate surface area is 84.6 Å². The van der Waals surface area contributed by atoms with Gasteiger partial charge in [0.05, 0.1) is 11.7 Å². The highest BCUT2D eigenvalue weighted by atomic mass is 15.3. The normalized spacial score (nSPS) is 25.9. The molecule has 0 aromatic carbocycles. The van der Waals surface area contributed by atoms with Gasteiger partial charge >= 0.3 is 0 Å². The zero-order valence-electron chi connectivity index (χ0n) is 8.83. The Bertz CT molecular complexity index is 396. The molecule has 0 N–H and O–H groups in total. The third kappa shape index (κ3) is 1.21. The summed E-state index contributed by atoms with van der Waals surface area (Å²) in [6.07, 6.45) is 8.33. The van der Waals surface area contributed by atoms with Gasteiger partial charge < -0.3 is 0 Å². The average molecular weight is 188 g/mol. The van der Waals surface area contributed by atoms with Gasteiger partial charge in [-0.1, -0.05) is 18.6 Å². The van der Waals surface area contributed by atoms with Crippen molar-refractivity contribution in [1.82, 2.24) is 9.78 Å². The molecule has 2 aliphatic rings. The summed E-state index contributed by atoms with van der Waals surface area (Å²) in [5.41, 5.74) is 4.15. The molecule has 0 spiro atoms. The van der Waals surface area contributed by atoms with Gasteiger partial charge in [-0.3, -0.25) is 4.68 Å². The first-order valence-corrected chi connectivity index (χ1v) is 5.50. The number of fused-ring (bicyclic) bond motifs is 1. The second-order valence-corrected chi connectivity index (χ2v) is 4.78. The van der Waals surface area contributed by atoms with Crippen molar-refractivity contribution in [3.05, 3.63) is 23.0 Å². The van der Waals surface area contributed by atoms with Crippen LogP contribution in [0.1, 0.15) is 56.3 Å². The summed E-state index contributed by atoms with van der Waals surface area (Å²) in [5, 5.41) is 4.70. The van der Waals surface area contributed by atoms with Crippen LogP contribution < -0.4 is 0 Å². The fourth-order valence-electron chi connectivity index (χ4n) is 2.34. The smallest absolute Gasteiger partial charge is 0.0728 e. The summed E-state index contributed by atoms with van der Waals surface area (Å²) in [6, 6.07) is 0.710. The van der Waals surface area contributed by atoms with Gasteiger partial charge in [0.15, 0.2) is 0 Å². The highest BCUT2D eigenvalue weighted by Gasteiger charge is 2.27. The van der Waals surface area contributed by atoms with E-state index in [0.717, 1.165) is 0 Å². The fraction of sp³-hybridized carbons (Fsp3) is 0.583. The number of rotatable bonds is 1. The fourth-order valence-corrected chi connectivity index (χ4v) is 2.34. The van der Waals surface area contributed by atoms with Crippen LogP contribution in [-0.2, 0) is 0 Å². The minimum Gasteiger partial charge on any atom is -0.269 e. The van der Waals surface area contributed by atoms with Crippen LogP contribution in [0.2, 0.25) is 0 Å². The van der Waals surface area contributed by atoms with E-state index in [9.17, 15) is 0 Å². The standard InChI is InChI=1S/C12H16N2/c1-8-5-9(2)12-10(6-8)7-14(13-12)11-3-4-11/h6-7,9,11H,3-5H2,1-2H3. The number of hydrogen-bond acceptors (Lipinski definition) is 1. The predicted molar refractivity (Wildman–Crippen MR) is 57.2 cm³/mol. The summed E-state index contributed by atoms with van der Waals surface area (Å²) >= 11 is 0. The van der Waals surface area contributed by atoms with Crippen LogP contribution in [-0.4, -0.2) is 9.78 Å². The Hall–Kier alpha value is -1.05. The molecule has 1 unspecified atom stereocenters. The van der Waals surface area contributed by atoms with Crippen molar-refractivity contribution in [3.8, 4) is 0 Å². The zero-order chi connectivity index (χ0) is 9.71. The second-order valence-electron chi connectivity index (χ2n) is 4.78. The molecule has 1 saturated carbocycles. The summed E-state index contributed by atoms with van der Waals surface area (Å²) in [4.78, 5) is 0. The lowest BCUT2D eigenvalue weighted by Crippen LogP contribution is -2.03. The summed E-state index contributed by atoms with van der Waals surface area (Å²) in [6.45, 7) is 4.49. The van der Waals surface area contributed by atoms with Crippen LogP contribution in [0.3, 0.4) is 0 Å². The molecule has 0 bridgehead atoms. The van der Waals surface area contributed by atoms with Gasteiger partial charge in [0, 0.05) is 17.7 Å². The Kier molecular flexibility index (Phi) is 1.61. The van der Waals surface area contributed by atoms with E-state index in [2.05, 4.69) is 30.8 Å². The van der Waals surface area contributed by atoms with Crippen molar-refractivity contribution >= 4 is 6.08 Å². The van der Waals surface area contributed by atoms with Gasteiger partial charge in [-0.15, -0.1) is 0 Å². The third-order valence-corrected chi connectivity index (χ3v) is 3.21. The van der Waals surface area contributed by atoms with Crippen molar-refractivity contribution in [2.24, 2.45) is 0 Å². The van der Waals surface area contributed by atoms with E-state index in [1.807, 2.05) is 0 Å². The molecule has 1 fully saturated rings. The van der Waals surface area contributed by atoms with Crippen molar-refractivity contribution in [2.45, 2.75) is 45.1 Å². The number of aromatic nitrogens is 2. The molecule has 1 atom stereocenters. The molecule has 3 rings (SSSR count). The Balaban J connectivity index is 2.05. The first-order chi connectivity index (χ1) is 6.74. The van der Waals surface area contributed by atoms with E-state index >= 15 is 0 Å². The lowest BCUT2D eigenvalue weighted by molar-refractivity contribution is 0.609. The van der Waals surface area contributed by atoms with E-state index in [4.69, 9.17) is 5.10 Å². The summed E-state index contributed by atoms with van der Waals surface area (Å²) in [5.74, 6) is 0.606. The van der Waals surface area contributed by atoms with Crippen molar-refractivity contribution in [1.29, 1.82) is 0 Å². The maximum Gasteiger partial charge on any atom is 0.0728 e. The minimum atomic E-state index is 0.606. The van der Waals surface area contributed by atoms with Crippen molar-refractivity contribution in [2.75, 3.05) is 0 Å². The number of hydrogen-bond donors (Lipinski definition) is 0. The molecule has 1 aromatic heterocycles. The van der Waals surface area contributed by atoms with Crippen LogP contribution in [0.4, 0.5) is 0 Å². The van der Waals surface area contributed by atoms with Crippen molar-refractivity contribution < 1.29 is 0 Å². The molecular formula is C12H16N2. The Morgan fingerprint density at radius 1 is 1.43 bits per heavy atom. The first-order valence-electron chi connectivity index (χ1n) is 5.50. The zero-order valence-corrected chi connectivity index (χ0v) is 8.83. The van der Waals surface area contributed by atoms with Gasteiger partial charge in [0.2, 0.25) is 0 Å². The van der Waals surface area contributed by atoms with Gasteiger partial charge in [0.1, 0.15) is 0 Å². The highest BCUT2D eigenvalue weighted by Crippen LogP contribution is 2.38. The molecule has 0 radical (unpaired) electrons. The first kappa shape index (κ1) is 8.27. The van der Waals surface area contributed by atoms with Gasteiger partial charge in [-0.25, -0.2) is 0 Å². The summed E-state index contributed by atoms with van der Waals surface area (Å²) < 4.78 is 2.18. The van der Waals surface area contributed by atoms with Gasteiger partial charge in [0.25, 0.3) is 0 Å². The Morgan fingerprint density at radius 2 is 2.21 bits per heavy atom. The average Bonchev–Trinajstić information content (AvgIpc) is 2.87. The van der Waals surface area contributed by atoms with Crippen LogP contribution in [0.25, 0.3) is 6.08 Å². The summed E-state index contributed by atoms with van der Waals surface area (Å²) in [7, 11) is 0. The molecule has 0 saturated heterocycles. The number of nitrogens with zero attached hydrogens (tertiary/aromatic N) is 2. The monoisotopic (exact) mass is 188 g/mol. The molecule has 2 heteroatoms. The van der Waals surface area contributed by atoms with E-state index in [0.29, 0.717) is 12.0 Å². The molecule has 2 nitrogen and oxygen atoms in total. The molecule has 1 heterocycles. The minimum absolute atomic E-state index is 0.606. The third-order valence-electron chi connectivity index (χ3n) is 3.21. The van der Waals surface area contributed by atoms with Gasteiger partial charge in [-0.2, -0.15) is 5.10 Å². The van der Waals surface area contributed by atoms with Crippen molar-refractivity contribution in [3.63, 3.8) is 0 Å². The van der Waals surface area contributed by atoms with Crippen LogP contribution in [0.5, 0.6) is 0 Å². The van der Waals surface area contributed by atoms with Crippen LogP contribution in [0.15, 0.2) is 11.8 Å². The lowest BCUT2D eigenvalue weighted by Gasteiger charge is -2.15. The van der Waals surface area contributed by atoms with E-state index < -0.39 is 0 Å². The topological polar surface area (TPSA) is 17.8 Å². The van der Waals surface area contributed by atoms with E-state index in [1.54, 1.807) is 0 Å². The number of allylic oxidation sites excluding steroid dienone is 1. The molecule has 2 aliphatic carbocycles. The molecule has 1 aromatic rings. The molecule has 74 valence electrons. The van der Waals surface area contributed by atoms with Crippen LogP contribution in [0, 0.1) is 0 Å². The molecule has 14 heavy (non-hydrogen) atoms. The maximum absolute atomic E-state index is 4.70. The quantitative estimate of drug-likeness (QED) is 0.662. The largest absolute Gasteiger partial charge is 0.269 e.